The molecule has 10 heteroatoms. The number of ether oxygens (including phenoxy) is 1. The number of amides is 3. The van der Waals surface area contributed by atoms with Crippen molar-refractivity contribution in [2.24, 2.45) is 0 Å². The van der Waals surface area contributed by atoms with E-state index in [9.17, 15) is 14.4 Å². The molecule has 0 bridgehead atoms. The normalized spacial score (nSPS) is 15.8. The third kappa shape index (κ3) is 6.99. The maximum atomic E-state index is 12.7. The van der Waals surface area contributed by atoms with Crippen molar-refractivity contribution < 1.29 is 23.5 Å². The fraction of sp³-hybridized carbons (Fsp3) is 0.474. The van der Waals surface area contributed by atoms with Crippen LogP contribution >= 0.6 is 11.3 Å². The van der Waals surface area contributed by atoms with Gasteiger partial charge in [-0.25, -0.2) is 4.98 Å². The lowest BCUT2D eigenvalue weighted by atomic mass is 10.2. The summed E-state index contributed by atoms with van der Waals surface area (Å²) in [6, 6.07) is 3.50. The molecule has 1 atom stereocenters. The number of hydrogen-bond donors (Lipinski definition) is 2. The van der Waals surface area contributed by atoms with Crippen LogP contribution in [0.3, 0.4) is 0 Å². The molecule has 0 radical (unpaired) electrons. The van der Waals surface area contributed by atoms with Crippen LogP contribution in [0.1, 0.15) is 31.4 Å². The van der Waals surface area contributed by atoms with Gasteiger partial charge in [-0.1, -0.05) is 0 Å². The average Bonchev–Trinajstić information content (AvgIpc) is 3.47. The van der Waals surface area contributed by atoms with Gasteiger partial charge in [-0.05, 0) is 25.0 Å². The number of anilines is 1. The maximum Gasteiger partial charge on any atom is 0.240 e. The van der Waals surface area contributed by atoms with Gasteiger partial charge in [-0.15, -0.1) is 11.3 Å². The molecule has 29 heavy (non-hydrogen) atoms. The van der Waals surface area contributed by atoms with Crippen LogP contribution in [-0.2, 0) is 25.7 Å². The molecule has 3 rings (SSSR count). The Balaban J connectivity index is 1.49. The minimum absolute atomic E-state index is 0.00932. The number of furan rings is 1. The summed E-state index contributed by atoms with van der Waals surface area (Å²) in [4.78, 5) is 42.4. The van der Waals surface area contributed by atoms with Gasteiger partial charge in [0.05, 0.1) is 25.5 Å². The van der Waals surface area contributed by atoms with Crippen LogP contribution in [0.15, 0.2) is 34.4 Å². The van der Waals surface area contributed by atoms with E-state index < -0.39 is 0 Å². The molecule has 0 aromatic carbocycles. The summed E-state index contributed by atoms with van der Waals surface area (Å²) < 4.78 is 10.8. The third-order valence-electron chi connectivity index (χ3n) is 4.42. The second-order valence-electron chi connectivity index (χ2n) is 6.65. The van der Waals surface area contributed by atoms with Crippen LogP contribution in [-0.4, -0.2) is 53.4 Å². The van der Waals surface area contributed by atoms with Gasteiger partial charge < -0.3 is 24.7 Å². The quantitative estimate of drug-likeness (QED) is 0.606. The van der Waals surface area contributed by atoms with E-state index in [1.807, 2.05) is 0 Å². The van der Waals surface area contributed by atoms with Gasteiger partial charge in [0.1, 0.15) is 5.76 Å². The van der Waals surface area contributed by atoms with Crippen molar-refractivity contribution in [3.8, 4) is 0 Å². The molecule has 2 N–H and O–H groups in total. The first-order valence-electron chi connectivity index (χ1n) is 9.48. The number of carbonyl (C=O) groups excluding carboxylic acids is 3. The highest BCUT2D eigenvalue weighted by Crippen LogP contribution is 2.15. The lowest BCUT2D eigenvalue weighted by Crippen LogP contribution is -2.44. The predicted molar refractivity (Wildman–Crippen MR) is 106 cm³/mol. The standard InChI is InChI=1S/C19H24N4O5S/c24-16(22-19-20-7-10-29-19)5-6-18(26)23(12-15-4-2-9-28-15)13-17(25)21-11-14-3-1-8-27-14/h1,3,7-8,10,15H,2,4-6,9,11-13H2,(H,21,25)(H,20,22,24)/t15-/m0/s1. The Morgan fingerprint density at radius 1 is 1.28 bits per heavy atom. The fourth-order valence-corrected chi connectivity index (χ4v) is 3.51. The zero-order chi connectivity index (χ0) is 20.5. The Bertz CT molecular complexity index is 788. The van der Waals surface area contributed by atoms with Gasteiger partial charge >= 0.3 is 0 Å². The zero-order valence-electron chi connectivity index (χ0n) is 16.0. The summed E-state index contributed by atoms with van der Waals surface area (Å²) in [6.07, 6.45) is 4.86. The fourth-order valence-electron chi connectivity index (χ4n) is 2.96. The number of aromatic nitrogens is 1. The summed E-state index contributed by atoms with van der Waals surface area (Å²) in [5.41, 5.74) is 0. The Labute approximate surface area is 172 Å². The predicted octanol–water partition coefficient (Wildman–Crippen LogP) is 1.78. The molecule has 1 aliphatic heterocycles. The Morgan fingerprint density at radius 3 is 2.86 bits per heavy atom. The van der Waals surface area contributed by atoms with Gasteiger partial charge in [0.2, 0.25) is 17.7 Å². The van der Waals surface area contributed by atoms with Crippen molar-refractivity contribution in [2.45, 2.75) is 38.3 Å². The molecule has 3 amide bonds. The first-order valence-corrected chi connectivity index (χ1v) is 10.4. The Hall–Kier alpha value is -2.72. The van der Waals surface area contributed by atoms with Crippen molar-refractivity contribution >= 4 is 34.2 Å². The van der Waals surface area contributed by atoms with Crippen LogP contribution in [0.25, 0.3) is 0 Å². The third-order valence-corrected chi connectivity index (χ3v) is 5.11. The van der Waals surface area contributed by atoms with E-state index in [2.05, 4.69) is 15.6 Å². The highest BCUT2D eigenvalue weighted by molar-refractivity contribution is 7.13. The van der Waals surface area contributed by atoms with Gasteiger partial charge in [0, 0.05) is 37.6 Å². The molecule has 2 aromatic heterocycles. The molecule has 3 heterocycles. The van der Waals surface area contributed by atoms with Crippen molar-refractivity contribution in [2.75, 3.05) is 25.0 Å². The van der Waals surface area contributed by atoms with E-state index >= 15 is 0 Å². The average molecular weight is 420 g/mol. The topological polar surface area (TPSA) is 114 Å². The monoisotopic (exact) mass is 420 g/mol. The first kappa shape index (κ1) is 21.0. The van der Waals surface area contributed by atoms with Crippen molar-refractivity contribution in [1.29, 1.82) is 0 Å². The number of hydrogen-bond acceptors (Lipinski definition) is 7. The Kier molecular flexibility index (Phi) is 7.77. The van der Waals surface area contributed by atoms with E-state index in [-0.39, 0.29) is 49.8 Å². The molecular weight excluding hydrogens is 396 g/mol. The lowest BCUT2D eigenvalue weighted by Gasteiger charge is -2.25. The van der Waals surface area contributed by atoms with Gasteiger partial charge in [0.25, 0.3) is 0 Å². The molecule has 2 aromatic rings. The second kappa shape index (κ2) is 10.7. The summed E-state index contributed by atoms with van der Waals surface area (Å²) in [6.45, 7) is 1.16. The highest BCUT2D eigenvalue weighted by atomic mass is 32.1. The van der Waals surface area contributed by atoms with Crippen LogP contribution in [0.4, 0.5) is 5.13 Å². The van der Waals surface area contributed by atoms with Crippen molar-refractivity contribution in [3.05, 3.63) is 35.7 Å². The molecule has 1 saturated heterocycles. The first-order chi connectivity index (χ1) is 14.1. The molecule has 0 unspecified atom stereocenters. The molecule has 1 aliphatic rings. The second-order valence-corrected chi connectivity index (χ2v) is 7.55. The van der Waals surface area contributed by atoms with Crippen LogP contribution in [0.2, 0.25) is 0 Å². The van der Waals surface area contributed by atoms with Crippen LogP contribution in [0.5, 0.6) is 0 Å². The van der Waals surface area contributed by atoms with E-state index in [1.165, 1.54) is 22.5 Å². The van der Waals surface area contributed by atoms with E-state index in [0.717, 1.165) is 12.8 Å². The number of rotatable bonds is 10. The highest BCUT2D eigenvalue weighted by Gasteiger charge is 2.24. The summed E-state index contributed by atoms with van der Waals surface area (Å²) in [7, 11) is 0. The summed E-state index contributed by atoms with van der Waals surface area (Å²) in [5.74, 6) is -0.204. The number of nitrogens with one attached hydrogen (secondary N) is 2. The number of thiazole rings is 1. The molecule has 0 saturated carbocycles. The van der Waals surface area contributed by atoms with Crippen molar-refractivity contribution in [3.63, 3.8) is 0 Å². The maximum absolute atomic E-state index is 12.7. The molecule has 156 valence electrons. The van der Waals surface area contributed by atoms with Crippen molar-refractivity contribution in [1.82, 2.24) is 15.2 Å². The summed E-state index contributed by atoms with van der Waals surface area (Å²) >= 11 is 1.31. The zero-order valence-corrected chi connectivity index (χ0v) is 16.8. The molecule has 0 spiro atoms. The number of nitrogens with zero attached hydrogens (tertiary/aromatic N) is 2. The SMILES string of the molecule is O=C(CN(C[C@@H]1CCCO1)C(=O)CCC(=O)Nc1nccs1)NCc1ccco1. The number of carbonyl (C=O) groups is 3. The smallest absolute Gasteiger partial charge is 0.240 e. The van der Waals surface area contributed by atoms with E-state index in [0.29, 0.717) is 24.0 Å². The minimum Gasteiger partial charge on any atom is -0.467 e. The molecule has 1 fully saturated rings. The van der Waals surface area contributed by atoms with Gasteiger partial charge in [-0.2, -0.15) is 0 Å². The van der Waals surface area contributed by atoms with Crippen LogP contribution in [0, 0.1) is 0 Å². The molecule has 0 aliphatic carbocycles. The largest absolute Gasteiger partial charge is 0.467 e. The van der Waals surface area contributed by atoms with Crippen LogP contribution < -0.4 is 10.6 Å². The Morgan fingerprint density at radius 2 is 2.17 bits per heavy atom. The molecular formula is C19H24N4O5S. The van der Waals surface area contributed by atoms with E-state index in [4.69, 9.17) is 9.15 Å². The molecule has 9 nitrogen and oxygen atoms in total. The van der Waals surface area contributed by atoms with Gasteiger partial charge in [-0.3, -0.25) is 14.4 Å². The van der Waals surface area contributed by atoms with E-state index in [1.54, 1.807) is 23.7 Å². The minimum atomic E-state index is -0.292. The summed E-state index contributed by atoms with van der Waals surface area (Å²) in [5, 5.41) is 7.64. The lowest BCUT2D eigenvalue weighted by molar-refractivity contribution is -0.138. The van der Waals surface area contributed by atoms with Gasteiger partial charge in [0.15, 0.2) is 5.13 Å².